The van der Waals surface area contributed by atoms with E-state index in [4.69, 9.17) is 9.47 Å². The van der Waals surface area contributed by atoms with Gasteiger partial charge < -0.3 is 14.5 Å². The van der Waals surface area contributed by atoms with Crippen molar-refractivity contribution in [2.75, 3.05) is 19.1 Å². The van der Waals surface area contributed by atoms with Gasteiger partial charge >= 0.3 is 0 Å². The van der Waals surface area contributed by atoms with Gasteiger partial charge in [0.1, 0.15) is 11.5 Å². The lowest BCUT2D eigenvalue weighted by atomic mass is 9.98. The molecule has 2 aromatic carbocycles. The molecule has 0 saturated carbocycles. The van der Waals surface area contributed by atoms with Crippen LogP contribution >= 0.6 is 0 Å². The summed E-state index contributed by atoms with van der Waals surface area (Å²) in [5.41, 5.74) is 2.10. The maximum absolute atomic E-state index is 13.4. The van der Waals surface area contributed by atoms with Gasteiger partial charge in [0.25, 0.3) is 5.56 Å². The summed E-state index contributed by atoms with van der Waals surface area (Å²) in [5.74, 6) is -0.661. The lowest BCUT2D eigenvalue weighted by molar-refractivity contribution is -0.121. The van der Waals surface area contributed by atoms with E-state index in [1.807, 2.05) is 24.3 Å². The fraction of sp³-hybridized carbons (Fsp3) is 0.217. The van der Waals surface area contributed by atoms with E-state index in [-0.39, 0.29) is 12.0 Å². The summed E-state index contributed by atoms with van der Waals surface area (Å²) < 4.78 is 11.8. The second kappa shape index (κ2) is 7.66. The van der Waals surface area contributed by atoms with Gasteiger partial charge in [0.05, 0.1) is 42.4 Å². The molecule has 1 saturated heterocycles. The zero-order valence-electron chi connectivity index (χ0n) is 18.2. The third-order valence-electron chi connectivity index (χ3n) is 5.83. The van der Waals surface area contributed by atoms with Gasteiger partial charge in [0.15, 0.2) is 0 Å². The number of anilines is 1. The van der Waals surface area contributed by atoms with Gasteiger partial charge in [-0.1, -0.05) is 12.1 Å². The Kier molecular flexibility index (Phi) is 4.77. The van der Waals surface area contributed by atoms with Crippen molar-refractivity contribution in [1.82, 2.24) is 19.7 Å². The molecule has 5 rings (SSSR count). The Morgan fingerprint density at radius 2 is 1.85 bits per heavy atom. The monoisotopic (exact) mass is 447 g/mol. The molecule has 2 N–H and O–H groups in total. The number of aryl methyl sites for hydroxylation is 1. The molecular formula is C23H21N5O5. The average Bonchev–Trinajstić information content (AvgIpc) is 3.46. The van der Waals surface area contributed by atoms with Crippen LogP contribution in [0.2, 0.25) is 0 Å². The van der Waals surface area contributed by atoms with Crippen LogP contribution in [-0.2, 0) is 9.59 Å². The number of carbonyl (C=O) groups is 2. The number of amides is 2. The minimum absolute atomic E-state index is 0.123. The number of nitrogens with one attached hydrogen (secondary N) is 2. The number of aromatic nitrogens is 4. The van der Waals surface area contributed by atoms with E-state index in [1.165, 1.54) is 18.9 Å². The first kappa shape index (κ1) is 20.6. The van der Waals surface area contributed by atoms with Crippen LogP contribution in [0.5, 0.6) is 11.5 Å². The summed E-state index contributed by atoms with van der Waals surface area (Å²) >= 11 is 0. The lowest BCUT2D eigenvalue weighted by Gasteiger charge is -2.18. The van der Waals surface area contributed by atoms with Gasteiger partial charge in [-0.2, -0.15) is 4.68 Å². The number of ether oxygens (including phenoxy) is 2. The Morgan fingerprint density at radius 3 is 2.58 bits per heavy atom. The van der Waals surface area contributed by atoms with Crippen molar-refractivity contribution in [2.24, 2.45) is 0 Å². The highest BCUT2D eigenvalue weighted by Crippen LogP contribution is 2.39. The molecule has 0 aliphatic carbocycles. The quantitative estimate of drug-likeness (QED) is 0.453. The van der Waals surface area contributed by atoms with E-state index in [0.717, 1.165) is 10.4 Å². The predicted molar refractivity (Wildman–Crippen MR) is 120 cm³/mol. The Morgan fingerprint density at radius 1 is 1.06 bits per heavy atom. The number of nitrogens with zero attached hydrogens (tertiary/aromatic N) is 3. The lowest BCUT2D eigenvalue weighted by Crippen LogP contribution is -2.31. The number of fused-ring (bicyclic) bond motifs is 1. The molecule has 1 aliphatic rings. The molecule has 2 aromatic heterocycles. The highest BCUT2D eigenvalue weighted by Gasteiger charge is 2.44. The highest BCUT2D eigenvalue weighted by atomic mass is 16.5. The van der Waals surface area contributed by atoms with Gasteiger partial charge in [-0.15, -0.1) is 0 Å². The topological polar surface area (TPSA) is 122 Å². The third-order valence-corrected chi connectivity index (χ3v) is 5.83. The van der Waals surface area contributed by atoms with Crippen LogP contribution in [-0.4, -0.2) is 45.8 Å². The number of benzene rings is 2. The molecule has 1 aliphatic heterocycles. The highest BCUT2D eigenvalue weighted by molar-refractivity contribution is 6.23. The second-order valence-corrected chi connectivity index (χ2v) is 7.73. The molecule has 1 atom stereocenters. The molecule has 10 nitrogen and oxygen atoms in total. The number of hydrogen-bond acceptors (Lipinski definition) is 6. The van der Waals surface area contributed by atoms with Crippen LogP contribution in [0.4, 0.5) is 5.69 Å². The molecule has 0 radical (unpaired) electrons. The first-order valence-electron chi connectivity index (χ1n) is 10.3. The number of rotatable bonds is 5. The number of H-pyrrole nitrogens is 2. The van der Waals surface area contributed by atoms with E-state index in [9.17, 15) is 14.4 Å². The summed E-state index contributed by atoms with van der Waals surface area (Å²) in [6, 6.07) is 12.2. The first-order valence-corrected chi connectivity index (χ1v) is 10.3. The van der Waals surface area contributed by atoms with E-state index in [1.54, 1.807) is 25.1 Å². The zero-order chi connectivity index (χ0) is 23.3. The molecule has 10 heteroatoms. The van der Waals surface area contributed by atoms with Crippen molar-refractivity contribution in [3.8, 4) is 17.4 Å². The third kappa shape index (κ3) is 3.18. The van der Waals surface area contributed by atoms with E-state index in [2.05, 4.69) is 15.1 Å². The van der Waals surface area contributed by atoms with Crippen LogP contribution in [0.1, 0.15) is 23.6 Å². The Balaban J connectivity index is 1.54. The van der Waals surface area contributed by atoms with Crippen LogP contribution in [0.15, 0.2) is 47.3 Å². The molecular weight excluding hydrogens is 426 g/mol. The van der Waals surface area contributed by atoms with Crippen molar-refractivity contribution in [1.29, 1.82) is 0 Å². The van der Waals surface area contributed by atoms with E-state index < -0.39 is 23.3 Å². The Hall–Kier alpha value is -4.34. The SMILES string of the molecule is COc1ccc(N2C(=O)CC(c3c(C)[nH]n(-c4nc5ccccc5[nH]4)c3=O)C2=O)c(OC)c1. The van der Waals surface area contributed by atoms with Crippen LogP contribution in [0, 0.1) is 6.92 Å². The van der Waals surface area contributed by atoms with Gasteiger partial charge in [0, 0.05) is 18.2 Å². The van der Waals surface area contributed by atoms with Gasteiger partial charge in [0.2, 0.25) is 17.8 Å². The molecule has 0 spiro atoms. The largest absolute Gasteiger partial charge is 0.497 e. The van der Waals surface area contributed by atoms with Crippen LogP contribution in [0.3, 0.4) is 0 Å². The fourth-order valence-electron chi connectivity index (χ4n) is 4.24. The standard InChI is InChI=1S/C23H21N5O5/c1-12-20(22(31)28(26-12)23-24-15-6-4-5-7-16(15)25-23)14-11-19(29)27(21(14)30)17-9-8-13(32-2)10-18(17)33-3/h4-10,14,26H,11H2,1-3H3,(H,24,25). The van der Waals surface area contributed by atoms with Gasteiger partial charge in [-0.25, -0.2) is 9.88 Å². The maximum Gasteiger partial charge on any atom is 0.278 e. The molecule has 1 unspecified atom stereocenters. The average molecular weight is 447 g/mol. The van der Waals surface area contributed by atoms with E-state index in [0.29, 0.717) is 34.3 Å². The second-order valence-electron chi connectivity index (χ2n) is 7.73. The van der Waals surface area contributed by atoms with Gasteiger partial charge in [-0.05, 0) is 31.2 Å². The molecule has 4 aromatic rings. The summed E-state index contributed by atoms with van der Waals surface area (Å²) in [5, 5.41) is 2.98. The minimum Gasteiger partial charge on any atom is -0.497 e. The molecule has 33 heavy (non-hydrogen) atoms. The van der Waals surface area contributed by atoms with Crippen molar-refractivity contribution in [3.05, 3.63) is 64.1 Å². The Labute approximate surface area is 187 Å². The van der Waals surface area contributed by atoms with Crippen molar-refractivity contribution in [2.45, 2.75) is 19.3 Å². The minimum atomic E-state index is -0.918. The van der Waals surface area contributed by atoms with Crippen molar-refractivity contribution >= 4 is 28.5 Å². The number of imidazole rings is 1. The number of imide groups is 1. The van der Waals surface area contributed by atoms with Crippen LogP contribution in [0.25, 0.3) is 17.0 Å². The van der Waals surface area contributed by atoms with Crippen molar-refractivity contribution < 1.29 is 19.1 Å². The number of methoxy groups -OCH3 is 2. The number of para-hydroxylation sites is 2. The smallest absolute Gasteiger partial charge is 0.278 e. The number of carbonyl (C=O) groups excluding carboxylic acids is 2. The molecule has 2 amide bonds. The molecule has 0 bridgehead atoms. The summed E-state index contributed by atoms with van der Waals surface area (Å²) in [6.45, 7) is 1.70. The number of hydrogen-bond donors (Lipinski definition) is 2. The van der Waals surface area contributed by atoms with Crippen molar-refractivity contribution in [3.63, 3.8) is 0 Å². The first-order chi connectivity index (χ1) is 15.9. The number of aromatic amines is 2. The maximum atomic E-state index is 13.4. The molecule has 1 fully saturated rings. The zero-order valence-corrected chi connectivity index (χ0v) is 18.2. The summed E-state index contributed by atoms with van der Waals surface area (Å²) in [4.78, 5) is 48.2. The molecule has 3 heterocycles. The van der Waals surface area contributed by atoms with Crippen LogP contribution < -0.4 is 19.9 Å². The predicted octanol–water partition coefficient (Wildman–Crippen LogP) is 2.41. The normalized spacial score (nSPS) is 16.1. The fourth-order valence-corrected chi connectivity index (χ4v) is 4.24. The Bertz CT molecular complexity index is 1430. The van der Waals surface area contributed by atoms with E-state index >= 15 is 0 Å². The van der Waals surface area contributed by atoms with Gasteiger partial charge in [-0.3, -0.25) is 19.5 Å². The summed E-state index contributed by atoms with van der Waals surface area (Å²) in [7, 11) is 2.96. The molecule has 168 valence electrons. The summed E-state index contributed by atoms with van der Waals surface area (Å²) in [6.07, 6.45) is -0.123.